The van der Waals surface area contributed by atoms with E-state index < -0.39 is 0 Å². The third-order valence-corrected chi connectivity index (χ3v) is 4.34. The summed E-state index contributed by atoms with van der Waals surface area (Å²) >= 11 is 0. The van der Waals surface area contributed by atoms with E-state index in [2.05, 4.69) is 27.0 Å². The molecule has 124 valence electrons. The van der Waals surface area contributed by atoms with Crippen molar-refractivity contribution in [3.05, 3.63) is 65.5 Å². The second-order valence-corrected chi connectivity index (χ2v) is 6.16. The number of amides is 1. The van der Waals surface area contributed by atoms with Gasteiger partial charge in [-0.2, -0.15) is 0 Å². The quantitative estimate of drug-likeness (QED) is 0.709. The van der Waals surface area contributed by atoms with Crippen LogP contribution in [0.4, 0.5) is 0 Å². The van der Waals surface area contributed by atoms with Crippen molar-refractivity contribution < 1.29 is 4.79 Å². The molecule has 3 aromatic rings. The van der Waals surface area contributed by atoms with Crippen molar-refractivity contribution in [2.45, 2.75) is 26.2 Å². The lowest BCUT2D eigenvalue weighted by Crippen LogP contribution is -2.26. The Balaban J connectivity index is 1.49. The summed E-state index contributed by atoms with van der Waals surface area (Å²) in [5.74, 6) is 1.04. The van der Waals surface area contributed by atoms with E-state index in [0.29, 0.717) is 13.0 Å². The summed E-state index contributed by atoms with van der Waals surface area (Å²) in [5.41, 5.74) is 4.35. The van der Waals surface area contributed by atoms with Crippen molar-refractivity contribution in [3.63, 3.8) is 0 Å². The lowest BCUT2D eigenvalue weighted by Gasteiger charge is -2.06. The van der Waals surface area contributed by atoms with Crippen molar-refractivity contribution in [3.8, 4) is 0 Å². The number of aryl methyl sites for hydroxylation is 3. The van der Waals surface area contributed by atoms with Crippen LogP contribution in [0, 0.1) is 6.92 Å². The molecule has 24 heavy (non-hydrogen) atoms. The van der Waals surface area contributed by atoms with Crippen LogP contribution in [0.15, 0.2) is 48.5 Å². The largest absolute Gasteiger partial charge is 0.356 e. The molecule has 4 nitrogen and oxygen atoms in total. The predicted molar refractivity (Wildman–Crippen MR) is 96.9 cm³/mol. The van der Waals surface area contributed by atoms with E-state index in [1.807, 2.05) is 50.4 Å². The van der Waals surface area contributed by atoms with Crippen LogP contribution in [0.3, 0.4) is 0 Å². The zero-order chi connectivity index (χ0) is 16.9. The molecule has 0 bridgehead atoms. The molecule has 0 aliphatic rings. The second kappa shape index (κ2) is 7.30. The first-order valence-electron chi connectivity index (χ1n) is 8.36. The lowest BCUT2D eigenvalue weighted by molar-refractivity contribution is -0.120. The van der Waals surface area contributed by atoms with Crippen molar-refractivity contribution in [2.24, 2.45) is 7.05 Å². The number of nitrogens with zero attached hydrogens (tertiary/aromatic N) is 2. The molecular weight excluding hydrogens is 298 g/mol. The Bertz CT molecular complexity index is 837. The highest BCUT2D eigenvalue weighted by atomic mass is 16.1. The van der Waals surface area contributed by atoms with E-state index in [1.165, 1.54) is 5.56 Å². The molecule has 0 radical (unpaired) electrons. The molecule has 1 N–H and O–H groups in total. The number of hydrogen-bond donors (Lipinski definition) is 1. The molecule has 2 aromatic carbocycles. The van der Waals surface area contributed by atoms with E-state index in [9.17, 15) is 4.79 Å². The van der Waals surface area contributed by atoms with Crippen LogP contribution >= 0.6 is 0 Å². The third kappa shape index (κ3) is 3.82. The molecule has 1 heterocycles. The molecule has 0 saturated heterocycles. The van der Waals surface area contributed by atoms with Gasteiger partial charge in [-0.1, -0.05) is 36.4 Å². The molecule has 4 heteroatoms. The molecule has 0 atom stereocenters. The van der Waals surface area contributed by atoms with Gasteiger partial charge in [0.1, 0.15) is 5.82 Å². The normalized spacial score (nSPS) is 10.9. The average Bonchev–Trinajstić information content (AvgIpc) is 2.86. The van der Waals surface area contributed by atoms with Gasteiger partial charge in [0.15, 0.2) is 0 Å². The highest BCUT2D eigenvalue weighted by Crippen LogP contribution is 2.16. The summed E-state index contributed by atoms with van der Waals surface area (Å²) in [6, 6.07) is 16.4. The number of aromatic nitrogens is 2. The smallest absolute Gasteiger partial charge is 0.224 e. The van der Waals surface area contributed by atoms with E-state index in [-0.39, 0.29) is 5.91 Å². The van der Waals surface area contributed by atoms with E-state index in [0.717, 1.165) is 35.3 Å². The summed E-state index contributed by atoms with van der Waals surface area (Å²) in [7, 11) is 2.00. The summed E-state index contributed by atoms with van der Waals surface area (Å²) in [5, 5.41) is 3.00. The van der Waals surface area contributed by atoms with Crippen LogP contribution in [0.2, 0.25) is 0 Å². The number of benzene rings is 2. The van der Waals surface area contributed by atoms with Crippen molar-refractivity contribution >= 4 is 16.9 Å². The molecular formula is C20H23N3O. The van der Waals surface area contributed by atoms with Crippen molar-refractivity contribution in [1.82, 2.24) is 14.9 Å². The highest BCUT2D eigenvalue weighted by molar-refractivity contribution is 5.82. The minimum absolute atomic E-state index is 0.0649. The Morgan fingerprint density at radius 1 is 1.12 bits per heavy atom. The molecule has 3 rings (SSSR count). The van der Waals surface area contributed by atoms with E-state index in [1.54, 1.807) is 0 Å². The van der Waals surface area contributed by atoms with Gasteiger partial charge in [0.05, 0.1) is 17.5 Å². The van der Waals surface area contributed by atoms with Gasteiger partial charge < -0.3 is 9.88 Å². The SMILES string of the molecule is Cc1nc2cc(CC(=O)NCCCc3ccccc3)ccc2n1C. The van der Waals surface area contributed by atoms with Crippen LogP contribution < -0.4 is 5.32 Å². The predicted octanol–water partition coefficient (Wildman–Crippen LogP) is 3.17. The fraction of sp³-hybridized carbons (Fsp3) is 0.300. The topological polar surface area (TPSA) is 46.9 Å². The maximum absolute atomic E-state index is 12.1. The molecule has 0 aliphatic heterocycles. The Labute approximate surface area is 142 Å². The summed E-state index contributed by atoms with van der Waals surface area (Å²) in [6.45, 7) is 2.69. The molecule has 1 aromatic heterocycles. The zero-order valence-corrected chi connectivity index (χ0v) is 14.2. The van der Waals surface area contributed by atoms with Gasteiger partial charge in [0.25, 0.3) is 0 Å². The number of carbonyl (C=O) groups is 1. The fourth-order valence-electron chi connectivity index (χ4n) is 2.89. The van der Waals surface area contributed by atoms with Crippen LogP contribution in [0.1, 0.15) is 23.4 Å². The summed E-state index contributed by atoms with van der Waals surface area (Å²) < 4.78 is 2.06. The minimum atomic E-state index is 0.0649. The first kappa shape index (κ1) is 16.2. The zero-order valence-electron chi connectivity index (χ0n) is 14.2. The summed E-state index contributed by atoms with van der Waals surface area (Å²) in [6.07, 6.45) is 2.34. The number of hydrogen-bond acceptors (Lipinski definition) is 2. The number of carbonyl (C=O) groups excluding carboxylic acids is 1. The number of rotatable bonds is 6. The lowest BCUT2D eigenvalue weighted by atomic mass is 10.1. The Hall–Kier alpha value is -2.62. The van der Waals surface area contributed by atoms with Crippen molar-refractivity contribution in [1.29, 1.82) is 0 Å². The summed E-state index contributed by atoms with van der Waals surface area (Å²) in [4.78, 5) is 16.6. The van der Waals surface area contributed by atoms with Gasteiger partial charge in [0.2, 0.25) is 5.91 Å². The molecule has 0 saturated carbocycles. The van der Waals surface area contributed by atoms with Crippen LogP contribution in [-0.2, 0) is 24.7 Å². The molecule has 0 unspecified atom stereocenters. The van der Waals surface area contributed by atoms with Crippen LogP contribution in [0.5, 0.6) is 0 Å². The van der Waals surface area contributed by atoms with Gasteiger partial charge in [-0.05, 0) is 43.0 Å². The van der Waals surface area contributed by atoms with Crippen molar-refractivity contribution in [2.75, 3.05) is 6.54 Å². The van der Waals surface area contributed by atoms with Crippen LogP contribution in [0.25, 0.3) is 11.0 Å². The first-order chi connectivity index (χ1) is 11.6. The van der Waals surface area contributed by atoms with Gasteiger partial charge in [-0.25, -0.2) is 4.98 Å². The van der Waals surface area contributed by atoms with Gasteiger partial charge in [-0.3, -0.25) is 4.79 Å². The molecule has 0 spiro atoms. The minimum Gasteiger partial charge on any atom is -0.356 e. The molecule has 0 fully saturated rings. The first-order valence-corrected chi connectivity index (χ1v) is 8.36. The Kier molecular flexibility index (Phi) is 4.94. The fourth-order valence-corrected chi connectivity index (χ4v) is 2.89. The maximum Gasteiger partial charge on any atom is 0.224 e. The molecule has 1 amide bonds. The number of imidazole rings is 1. The van der Waals surface area contributed by atoms with Gasteiger partial charge in [0, 0.05) is 13.6 Å². The standard InChI is InChI=1S/C20H23N3O/c1-15-22-18-13-17(10-11-19(18)23(15)2)14-20(24)21-12-6-9-16-7-4-3-5-8-16/h3-5,7-8,10-11,13H,6,9,12,14H2,1-2H3,(H,21,24). The average molecular weight is 321 g/mol. The van der Waals surface area contributed by atoms with E-state index >= 15 is 0 Å². The number of nitrogens with one attached hydrogen (secondary N) is 1. The molecule has 0 aliphatic carbocycles. The van der Waals surface area contributed by atoms with Gasteiger partial charge >= 0.3 is 0 Å². The van der Waals surface area contributed by atoms with E-state index in [4.69, 9.17) is 0 Å². The highest BCUT2D eigenvalue weighted by Gasteiger charge is 2.07. The van der Waals surface area contributed by atoms with Gasteiger partial charge in [-0.15, -0.1) is 0 Å². The Morgan fingerprint density at radius 2 is 1.92 bits per heavy atom. The monoisotopic (exact) mass is 321 g/mol. The second-order valence-electron chi connectivity index (χ2n) is 6.16. The Morgan fingerprint density at radius 3 is 2.71 bits per heavy atom. The third-order valence-electron chi connectivity index (χ3n) is 4.34. The van der Waals surface area contributed by atoms with Crippen LogP contribution in [-0.4, -0.2) is 22.0 Å². The maximum atomic E-state index is 12.1. The number of fused-ring (bicyclic) bond motifs is 1.